The fourth-order valence-corrected chi connectivity index (χ4v) is 0.780. The van der Waals surface area contributed by atoms with E-state index in [-0.39, 0.29) is 5.75 Å². The molecule has 82 valence electrons. The third kappa shape index (κ3) is 5.09. The molecular weight excluding hydrogens is 206 g/mol. The number of phenolic OH excluding ortho intramolecular Hbond substituents is 1. The fraction of sp³-hybridized carbons (Fsp3) is 0.125. The number of carbonyl (C=O) groups is 1. The molecular formula is C8H9NO6. The first-order chi connectivity index (χ1) is 7.01. The smallest absolute Gasteiger partial charge is 0.291 e. The van der Waals surface area contributed by atoms with Crippen molar-refractivity contribution in [3.05, 3.63) is 33.9 Å². The number of nitrogens with zero attached hydrogens (tertiary/aromatic N) is 1. The van der Waals surface area contributed by atoms with Gasteiger partial charge >= 0.3 is 0 Å². The SMILES string of the molecule is COc1ccc(C=O)cc1O.O=[N+]([O-])O. The Morgan fingerprint density at radius 3 is 2.40 bits per heavy atom. The van der Waals surface area contributed by atoms with Gasteiger partial charge in [0.05, 0.1) is 7.11 Å². The largest absolute Gasteiger partial charge is 0.504 e. The highest BCUT2D eigenvalue weighted by Crippen LogP contribution is 2.25. The molecule has 1 aromatic carbocycles. The number of aldehydes is 1. The van der Waals surface area contributed by atoms with Gasteiger partial charge in [-0.15, -0.1) is 10.1 Å². The van der Waals surface area contributed by atoms with E-state index < -0.39 is 5.09 Å². The summed E-state index contributed by atoms with van der Waals surface area (Å²) in [6, 6.07) is 4.47. The molecule has 0 amide bonds. The molecule has 0 saturated carbocycles. The molecule has 0 bridgehead atoms. The topological polar surface area (TPSA) is 110 Å². The molecule has 0 unspecified atom stereocenters. The van der Waals surface area contributed by atoms with E-state index in [1.807, 2.05) is 0 Å². The summed E-state index contributed by atoms with van der Waals surface area (Å²) in [5.74, 6) is 0.354. The second kappa shape index (κ2) is 6.19. The second-order valence-electron chi connectivity index (χ2n) is 2.29. The maximum atomic E-state index is 10.2. The van der Waals surface area contributed by atoms with Crippen LogP contribution in [0.1, 0.15) is 10.4 Å². The van der Waals surface area contributed by atoms with Crippen molar-refractivity contribution in [2.75, 3.05) is 7.11 Å². The van der Waals surface area contributed by atoms with E-state index in [2.05, 4.69) is 0 Å². The summed E-state index contributed by atoms with van der Waals surface area (Å²) in [5.41, 5.74) is 0.434. The summed E-state index contributed by atoms with van der Waals surface area (Å²) >= 11 is 0. The summed E-state index contributed by atoms with van der Waals surface area (Å²) in [7, 11) is 1.45. The molecule has 15 heavy (non-hydrogen) atoms. The van der Waals surface area contributed by atoms with Gasteiger partial charge in [0.15, 0.2) is 11.5 Å². The predicted octanol–water partition coefficient (Wildman–Crippen LogP) is 0.866. The highest BCUT2D eigenvalue weighted by atomic mass is 16.9. The molecule has 0 heterocycles. The first kappa shape index (κ1) is 12.7. The molecule has 0 aliphatic carbocycles. The molecule has 0 aromatic heterocycles. The van der Waals surface area contributed by atoms with E-state index in [9.17, 15) is 4.79 Å². The summed E-state index contributed by atoms with van der Waals surface area (Å²) in [5, 5.41) is 22.8. The van der Waals surface area contributed by atoms with Crippen molar-refractivity contribution in [3.8, 4) is 11.5 Å². The van der Waals surface area contributed by atoms with Crippen molar-refractivity contribution in [3.63, 3.8) is 0 Å². The molecule has 0 atom stereocenters. The number of benzene rings is 1. The van der Waals surface area contributed by atoms with Gasteiger partial charge < -0.3 is 15.1 Å². The Hall–Kier alpha value is -2.31. The Bertz CT molecular complexity index is 347. The normalized spacial score (nSPS) is 8.33. The average Bonchev–Trinajstić information content (AvgIpc) is 2.16. The minimum atomic E-state index is -1.50. The quantitative estimate of drug-likeness (QED) is 0.430. The molecule has 0 fully saturated rings. The Morgan fingerprint density at radius 1 is 1.53 bits per heavy atom. The Labute approximate surface area is 84.6 Å². The summed E-state index contributed by atoms with van der Waals surface area (Å²) in [6.45, 7) is 0. The van der Waals surface area contributed by atoms with E-state index in [1.54, 1.807) is 12.1 Å². The zero-order chi connectivity index (χ0) is 11.8. The lowest BCUT2D eigenvalue weighted by Crippen LogP contribution is -1.85. The Morgan fingerprint density at radius 2 is 2.07 bits per heavy atom. The number of aromatic hydroxyl groups is 1. The van der Waals surface area contributed by atoms with Gasteiger partial charge in [0, 0.05) is 5.56 Å². The number of rotatable bonds is 2. The van der Waals surface area contributed by atoms with Gasteiger partial charge in [-0.2, -0.15) is 0 Å². The maximum absolute atomic E-state index is 10.2. The fourth-order valence-electron chi connectivity index (χ4n) is 0.780. The van der Waals surface area contributed by atoms with Gasteiger partial charge in [0.1, 0.15) is 6.29 Å². The minimum Gasteiger partial charge on any atom is -0.504 e. The molecule has 7 nitrogen and oxygen atoms in total. The Kier molecular flexibility index (Phi) is 5.24. The first-order valence-corrected chi connectivity index (χ1v) is 3.66. The van der Waals surface area contributed by atoms with Gasteiger partial charge in [-0.05, 0) is 18.2 Å². The van der Waals surface area contributed by atoms with Crippen LogP contribution in [0, 0.1) is 10.1 Å². The second-order valence-corrected chi connectivity index (χ2v) is 2.29. The molecule has 1 rings (SSSR count). The average molecular weight is 215 g/mol. The lowest BCUT2D eigenvalue weighted by atomic mass is 10.2. The lowest BCUT2D eigenvalue weighted by molar-refractivity contribution is -0.742. The van der Waals surface area contributed by atoms with E-state index in [4.69, 9.17) is 25.2 Å². The van der Waals surface area contributed by atoms with Crippen LogP contribution in [0.25, 0.3) is 0 Å². The summed E-state index contributed by atoms with van der Waals surface area (Å²) < 4.78 is 4.78. The standard InChI is InChI=1S/C8H8O3.HNO3/c1-11-8-3-2-6(5-9)4-7(8)10;2-1(3)4/h2-5,10H,1H3;(H,2,3,4). The van der Waals surface area contributed by atoms with Crippen molar-refractivity contribution < 1.29 is 24.9 Å². The highest BCUT2D eigenvalue weighted by Gasteiger charge is 2.00. The number of hydrogen-bond acceptors (Lipinski definition) is 5. The van der Waals surface area contributed by atoms with E-state index in [1.165, 1.54) is 13.2 Å². The van der Waals surface area contributed by atoms with Crippen LogP contribution in [0.4, 0.5) is 0 Å². The van der Waals surface area contributed by atoms with Crippen molar-refractivity contribution in [1.29, 1.82) is 0 Å². The van der Waals surface area contributed by atoms with Crippen molar-refractivity contribution >= 4 is 6.29 Å². The molecule has 1 aromatic rings. The molecule has 7 heteroatoms. The number of ether oxygens (including phenoxy) is 1. The van der Waals surface area contributed by atoms with Crippen LogP contribution in [0.15, 0.2) is 18.2 Å². The molecule has 0 aliphatic rings. The molecule has 0 aliphatic heterocycles. The molecule has 0 radical (unpaired) electrons. The van der Waals surface area contributed by atoms with E-state index >= 15 is 0 Å². The lowest BCUT2D eigenvalue weighted by Gasteiger charge is -2.01. The number of carbonyl (C=O) groups excluding carboxylic acids is 1. The van der Waals surface area contributed by atoms with Crippen molar-refractivity contribution in [2.24, 2.45) is 0 Å². The van der Waals surface area contributed by atoms with Gasteiger partial charge in [-0.1, -0.05) is 0 Å². The number of phenols is 1. The number of methoxy groups -OCH3 is 1. The zero-order valence-electron chi connectivity index (χ0n) is 7.78. The van der Waals surface area contributed by atoms with Crippen LogP contribution in [0.5, 0.6) is 11.5 Å². The molecule has 0 spiro atoms. The van der Waals surface area contributed by atoms with E-state index in [0.717, 1.165) is 0 Å². The maximum Gasteiger partial charge on any atom is 0.291 e. The van der Waals surface area contributed by atoms with Crippen molar-refractivity contribution in [2.45, 2.75) is 0 Å². The van der Waals surface area contributed by atoms with Gasteiger partial charge in [0.25, 0.3) is 5.09 Å². The predicted molar refractivity (Wildman–Crippen MR) is 48.8 cm³/mol. The molecule has 2 N–H and O–H groups in total. The van der Waals surface area contributed by atoms with Crippen LogP contribution in [0.3, 0.4) is 0 Å². The van der Waals surface area contributed by atoms with Gasteiger partial charge in [-0.25, -0.2) is 0 Å². The number of hydrogen-bond donors (Lipinski definition) is 2. The van der Waals surface area contributed by atoms with Gasteiger partial charge in [0.2, 0.25) is 0 Å². The van der Waals surface area contributed by atoms with Crippen LogP contribution in [-0.2, 0) is 0 Å². The van der Waals surface area contributed by atoms with Crippen LogP contribution >= 0.6 is 0 Å². The van der Waals surface area contributed by atoms with Crippen LogP contribution in [0.2, 0.25) is 0 Å². The molecule has 0 saturated heterocycles. The Balaban J connectivity index is 0.000000423. The third-order valence-electron chi connectivity index (χ3n) is 1.34. The minimum absolute atomic E-state index is 0.0166. The zero-order valence-corrected chi connectivity index (χ0v) is 7.78. The first-order valence-electron chi connectivity index (χ1n) is 3.66. The summed E-state index contributed by atoms with van der Waals surface area (Å²) in [6.07, 6.45) is 0.666. The van der Waals surface area contributed by atoms with E-state index in [0.29, 0.717) is 17.6 Å². The third-order valence-corrected chi connectivity index (χ3v) is 1.34. The van der Waals surface area contributed by atoms with Crippen LogP contribution < -0.4 is 4.74 Å². The summed E-state index contributed by atoms with van der Waals surface area (Å²) in [4.78, 5) is 18.6. The highest BCUT2D eigenvalue weighted by molar-refractivity contribution is 5.76. The van der Waals surface area contributed by atoms with Crippen LogP contribution in [-0.4, -0.2) is 28.8 Å². The van der Waals surface area contributed by atoms with Crippen molar-refractivity contribution in [1.82, 2.24) is 0 Å². The monoisotopic (exact) mass is 215 g/mol. The van der Waals surface area contributed by atoms with Gasteiger partial charge in [-0.3, -0.25) is 4.79 Å².